The van der Waals surface area contributed by atoms with Gasteiger partial charge in [-0.3, -0.25) is 4.79 Å². The molecular formula is C16H20N4O3. The molecule has 0 aliphatic carbocycles. The fourth-order valence-electron chi connectivity index (χ4n) is 2.54. The molecule has 0 aromatic carbocycles. The van der Waals surface area contributed by atoms with E-state index in [9.17, 15) is 4.79 Å². The lowest BCUT2D eigenvalue weighted by Crippen LogP contribution is -2.42. The van der Waals surface area contributed by atoms with Crippen molar-refractivity contribution in [1.82, 2.24) is 14.9 Å². The molecule has 0 unspecified atom stereocenters. The number of amides is 1. The third-order valence-corrected chi connectivity index (χ3v) is 3.85. The molecule has 1 atom stereocenters. The SMILES string of the molecule is Cc1ocnc1C(=O)N1CCO[C@H](c2cccc(N(C)C)n2)C1. The Hall–Kier alpha value is -2.41. The predicted octanol–water partition coefficient (Wildman–Crippen LogP) is 1.66. The van der Waals surface area contributed by atoms with Crippen LogP contribution in [0.3, 0.4) is 0 Å². The Morgan fingerprint density at radius 1 is 1.39 bits per heavy atom. The number of rotatable bonds is 3. The molecule has 0 spiro atoms. The van der Waals surface area contributed by atoms with Gasteiger partial charge < -0.3 is 19.0 Å². The van der Waals surface area contributed by atoms with E-state index in [1.807, 2.05) is 37.2 Å². The molecule has 7 heteroatoms. The topological polar surface area (TPSA) is 71.7 Å². The van der Waals surface area contributed by atoms with Crippen LogP contribution in [0, 0.1) is 6.92 Å². The smallest absolute Gasteiger partial charge is 0.276 e. The summed E-state index contributed by atoms with van der Waals surface area (Å²) in [5, 5.41) is 0. The van der Waals surface area contributed by atoms with Crippen molar-refractivity contribution in [3.8, 4) is 0 Å². The minimum absolute atomic E-state index is 0.131. The fourth-order valence-corrected chi connectivity index (χ4v) is 2.54. The third-order valence-electron chi connectivity index (χ3n) is 3.85. The summed E-state index contributed by atoms with van der Waals surface area (Å²) in [4.78, 5) is 24.8. The second-order valence-electron chi connectivity index (χ2n) is 5.68. The average Bonchev–Trinajstić information content (AvgIpc) is 3.00. The first-order valence-electron chi connectivity index (χ1n) is 7.51. The maximum absolute atomic E-state index is 12.6. The largest absolute Gasteiger partial charge is 0.448 e. The molecule has 0 N–H and O–H groups in total. The van der Waals surface area contributed by atoms with E-state index >= 15 is 0 Å². The van der Waals surface area contributed by atoms with Crippen molar-refractivity contribution in [2.75, 3.05) is 38.7 Å². The number of anilines is 1. The number of ether oxygens (including phenoxy) is 1. The number of pyridine rings is 1. The molecule has 2 aromatic heterocycles. The van der Waals surface area contributed by atoms with Gasteiger partial charge in [0.15, 0.2) is 12.1 Å². The van der Waals surface area contributed by atoms with Gasteiger partial charge in [0.25, 0.3) is 5.91 Å². The van der Waals surface area contributed by atoms with Crippen molar-refractivity contribution in [2.24, 2.45) is 0 Å². The van der Waals surface area contributed by atoms with Crippen LogP contribution in [-0.2, 0) is 4.74 Å². The maximum atomic E-state index is 12.6. The van der Waals surface area contributed by atoms with E-state index in [-0.39, 0.29) is 12.0 Å². The van der Waals surface area contributed by atoms with Crippen LogP contribution in [0.5, 0.6) is 0 Å². The van der Waals surface area contributed by atoms with Gasteiger partial charge in [-0.15, -0.1) is 0 Å². The predicted molar refractivity (Wildman–Crippen MR) is 84.4 cm³/mol. The number of aromatic nitrogens is 2. The molecule has 1 fully saturated rings. The van der Waals surface area contributed by atoms with Gasteiger partial charge in [-0.1, -0.05) is 6.07 Å². The van der Waals surface area contributed by atoms with Crippen molar-refractivity contribution in [3.63, 3.8) is 0 Å². The van der Waals surface area contributed by atoms with Gasteiger partial charge in [-0.2, -0.15) is 0 Å². The highest BCUT2D eigenvalue weighted by Gasteiger charge is 2.29. The van der Waals surface area contributed by atoms with E-state index in [1.54, 1.807) is 11.8 Å². The Bertz CT molecular complexity index is 698. The van der Waals surface area contributed by atoms with Gasteiger partial charge in [0.1, 0.15) is 17.7 Å². The van der Waals surface area contributed by atoms with Crippen LogP contribution < -0.4 is 4.90 Å². The highest BCUT2D eigenvalue weighted by molar-refractivity contribution is 5.93. The monoisotopic (exact) mass is 316 g/mol. The molecule has 23 heavy (non-hydrogen) atoms. The molecule has 0 bridgehead atoms. The molecule has 0 radical (unpaired) electrons. The summed E-state index contributed by atoms with van der Waals surface area (Å²) in [7, 11) is 3.88. The van der Waals surface area contributed by atoms with Crippen LogP contribution in [0.2, 0.25) is 0 Å². The maximum Gasteiger partial charge on any atom is 0.276 e. The molecule has 1 amide bonds. The first kappa shape index (κ1) is 15.5. The zero-order chi connectivity index (χ0) is 16.4. The molecule has 122 valence electrons. The summed E-state index contributed by atoms with van der Waals surface area (Å²) in [5.41, 5.74) is 1.19. The Balaban J connectivity index is 1.77. The molecule has 3 rings (SSSR count). The molecular weight excluding hydrogens is 296 g/mol. The van der Waals surface area contributed by atoms with E-state index in [0.717, 1.165) is 11.5 Å². The zero-order valence-corrected chi connectivity index (χ0v) is 13.5. The zero-order valence-electron chi connectivity index (χ0n) is 13.5. The number of morpholine rings is 1. The van der Waals surface area contributed by atoms with Gasteiger partial charge in [-0.25, -0.2) is 9.97 Å². The van der Waals surface area contributed by atoms with Crippen LogP contribution in [-0.4, -0.2) is 54.6 Å². The van der Waals surface area contributed by atoms with Crippen molar-refractivity contribution in [1.29, 1.82) is 0 Å². The number of oxazole rings is 1. The number of hydrogen-bond acceptors (Lipinski definition) is 6. The number of hydrogen-bond donors (Lipinski definition) is 0. The number of carbonyl (C=O) groups is 1. The van der Waals surface area contributed by atoms with E-state index in [0.29, 0.717) is 31.2 Å². The molecule has 0 saturated carbocycles. The van der Waals surface area contributed by atoms with E-state index < -0.39 is 0 Å². The van der Waals surface area contributed by atoms with Crippen LogP contribution >= 0.6 is 0 Å². The van der Waals surface area contributed by atoms with Gasteiger partial charge in [0.2, 0.25) is 0 Å². The molecule has 1 aliphatic heterocycles. The van der Waals surface area contributed by atoms with Gasteiger partial charge in [0, 0.05) is 20.6 Å². The quantitative estimate of drug-likeness (QED) is 0.857. The molecule has 2 aromatic rings. The van der Waals surface area contributed by atoms with Crippen LogP contribution in [0.15, 0.2) is 29.0 Å². The van der Waals surface area contributed by atoms with Gasteiger partial charge in [-0.05, 0) is 19.1 Å². The Kier molecular flexibility index (Phi) is 4.29. The first-order valence-corrected chi connectivity index (χ1v) is 7.51. The summed E-state index contributed by atoms with van der Waals surface area (Å²) in [6.45, 7) is 3.20. The van der Waals surface area contributed by atoms with Crippen molar-refractivity contribution >= 4 is 11.7 Å². The lowest BCUT2D eigenvalue weighted by atomic mass is 10.1. The van der Waals surface area contributed by atoms with Crippen LogP contribution in [0.1, 0.15) is 28.0 Å². The van der Waals surface area contributed by atoms with Crippen molar-refractivity contribution < 1.29 is 13.9 Å². The normalized spacial score (nSPS) is 18.0. The lowest BCUT2D eigenvalue weighted by molar-refractivity contribution is -0.0249. The van der Waals surface area contributed by atoms with E-state index in [1.165, 1.54) is 6.39 Å². The van der Waals surface area contributed by atoms with Crippen LogP contribution in [0.4, 0.5) is 5.82 Å². The first-order chi connectivity index (χ1) is 11.1. The minimum Gasteiger partial charge on any atom is -0.448 e. The molecule has 1 saturated heterocycles. The fraction of sp³-hybridized carbons (Fsp3) is 0.438. The molecule has 1 aliphatic rings. The summed E-state index contributed by atoms with van der Waals surface area (Å²) >= 11 is 0. The Morgan fingerprint density at radius 2 is 2.22 bits per heavy atom. The highest BCUT2D eigenvalue weighted by atomic mass is 16.5. The minimum atomic E-state index is -0.236. The van der Waals surface area contributed by atoms with Gasteiger partial charge >= 0.3 is 0 Å². The molecule has 7 nitrogen and oxygen atoms in total. The number of carbonyl (C=O) groups excluding carboxylic acids is 1. The molecule has 3 heterocycles. The second kappa shape index (κ2) is 6.37. The highest BCUT2D eigenvalue weighted by Crippen LogP contribution is 2.23. The summed E-state index contributed by atoms with van der Waals surface area (Å²) in [6, 6.07) is 5.81. The Morgan fingerprint density at radius 3 is 2.91 bits per heavy atom. The van der Waals surface area contributed by atoms with E-state index in [2.05, 4.69) is 9.97 Å². The lowest BCUT2D eigenvalue weighted by Gasteiger charge is -2.32. The van der Waals surface area contributed by atoms with Gasteiger partial charge in [0.05, 0.1) is 18.8 Å². The number of aryl methyl sites for hydroxylation is 1. The summed E-state index contributed by atoms with van der Waals surface area (Å²) < 4.78 is 10.9. The van der Waals surface area contributed by atoms with Crippen LogP contribution in [0.25, 0.3) is 0 Å². The van der Waals surface area contributed by atoms with Crippen molar-refractivity contribution in [3.05, 3.63) is 41.7 Å². The Labute approximate surface area is 134 Å². The summed E-state index contributed by atoms with van der Waals surface area (Å²) in [5.74, 6) is 1.26. The number of nitrogens with zero attached hydrogens (tertiary/aromatic N) is 4. The second-order valence-corrected chi connectivity index (χ2v) is 5.68. The van der Waals surface area contributed by atoms with E-state index in [4.69, 9.17) is 9.15 Å². The standard InChI is InChI=1S/C16H20N4O3/c1-11-15(17-10-23-11)16(21)20-7-8-22-13(9-20)12-5-4-6-14(18-12)19(2)3/h4-6,10,13H,7-9H2,1-3H3/t13-/m0/s1. The summed E-state index contributed by atoms with van der Waals surface area (Å²) in [6.07, 6.45) is 1.06. The average molecular weight is 316 g/mol. The van der Waals surface area contributed by atoms with Crippen molar-refractivity contribution in [2.45, 2.75) is 13.0 Å². The third kappa shape index (κ3) is 3.19.